The fourth-order valence-corrected chi connectivity index (χ4v) is 0.592. The average molecular weight is 274 g/mol. The Morgan fingerprint density at radius 3 is 2.61 bits per heavy atom. The van der Waals surface area contributed by atoms with Gasteiger partial charge in [-0.15, -0.1) is 0 Å². The van der Waals surface area contributed by atoms with Crippen LogP contribution in [-0.2, 0) is 24.4 Å². The minimum absolute atomic E-state index is 0.0952. The fourth-order valence-electron chi connectivity index (χ4n) is 0.592. The van der Waals surface area contributed by atoms with Crippen molar-refractivity contribution >= 4 is 0 Å². The first-order chi connectivity index (χ1) is 8.52. The molecule has 0 rings (SSSR count). The molecule has 0 aliphatic heterocycles. The monoisotopic (exact) mass is 274 g/mol. The lowest BCUT2D eigenvalue weighted by Gasteiger charge is -2.20. The number of hydroxylamine groups is 7. The van der Waals surface area contributed by atoms with Crippen LogP contribution in [0.15, 0.2) is 0 Å². The highest BCUT2D eigenvalue weighted by Gasteiger charge is 2.19. The maximum absolute atomic E-state index is 9.02. The van der Waals surface area contributed by atoms with Gasteiger partial charge in [0.05, 0.1) is 0 Å². The number of nitrogens with one attached hydrogen (secondary N) is 3. The summed E-state index contributed by atoms with van der Waals surface area (Å²) in [5.74, 6) is 0. The van der Waals surface area contributed by atoms with Gasteiger partial charge in [-0.2, -0.15) is 10.4 Å². The van der Waals surface area contributed by atoms with Crippen LogP contribution in [0.5, 0.6) is 0 Å². The molecule has 0 fully saturated rings. The van der Waals surface area contributed by atoms with Gasteiger partial charge in [-0.05, 0) is 38.1 Å². The normalized spacial score (nSPS) is 12.3. The predicted octanol–water partition coefficient (Wildman–Crippen LogP) is -1.67. The standard InChI is InChI=1S/C6H20N5O7/c1-4-14-6-10(13)15-5-7-16-9-18-11(2,3)17-8-12/h7-9,12-13H,4-6H2,1-3H3/q+1. The van der Waals surface area contributed by atoms with E-state index in [1.807, 2.05) is 5.64 Å². The number of hydrogen-bond donors (Lipinski definition) is 5. The van der Waals surface area contributed by atoms with Crippen LogP contribution < -0.4 is 16.8 Å². The smallest absolute Gasteiger partial charge is 0.149 e. The molecule has 12 heteroatoms. The number of ether oxygens (including phenoxy) is 1. The molecule has 12 nitrogen and oxygen atoms in total. The predicted molar refractivity (Wildman–Crippen MR) is 52.6 cm³/mol. The highest BCUT2D eigenvalue weighted by Crippen LogP contribution is 1.93. The van der Waals surface area contributed by atoms with Gasteiger partial charge in [0.2, 0.25) is 0 Å². The van der Waals surface area contributed by atoms with Crippen LogP contribution >= 0.6 is 0 Å². The Labute approximate surface area is 104 Å². The lowest BCUT2D eigenvalue weighted by atomic mass is 10.9. The molecular formula is C6H20N5O7+. The van der Waals surface area contributed by atoms with E-state index in [-0.39, 0.29) is 13.5 Å². The van der Waals surface area contributed by atoms with Gasteiger partial charge in [-0.1, -0.05) is 0 Å². The Hall–Kier alpha value is -0.480. The number of rotatable bonds is 12. The molecular weight excluding hydrogens is 254 g/mol. The Morgan fingerprint density at radius 2 is 2.00 bits per heavy atom. The minimum atomic E-state index is -0.546. The molecule has 0 radical (unpaired) electrons. The summed E-state index contributed by atoms with van der Waals surface area (Å²) < 4.78 is 4.84. The summed E-state index contributed by atoms with van der Waals surface area (Å²) in [5.41, 5.74) is 5.69. The van der Waals surface area contributed by atoms with Crippen molar-refractivity contribution in [1.82, 2.24) is 22.0 Å². The summed E-state index contributed by atoms with van der Waals surface area (Å²) in [5, 5.41) is 17.8. The summed E-state index contributed by atoms with van der Waals surface area (Å²) in [6.45, 7) is 1.96. The third-order valence-electron chi connectivity index (χ3n) is 1.31. The SMILES string of the molecule is CCOCN(O)OCNONO[N+](C)(C)ONO. The molecule has 0 heterocycles. The van der Waals surface area contributed by atoms with Gasteiger partial charge < -0.3 is 4.74 Å². The molecule has 0 saturated heterocycles. The maximum atomic E-state index is 9.02. The summed E-state index contributed by atoms with van der Waals surface area (Å²) in [7, 11) is 2.88. The summed E-state index contributed by atoms with van der Waals surface area (Å²) >= 11 is 0. The molecule has 0 saturated carbocycles. The second-order valence-electron chi connectivity index (χ2n) is 3.10. The number of quaternary nitrogens is 1. The van der Waals surface area contributed by atoms with Gasteiger partial charge in [-0.25, -0.2) is 0 Å². The highest BCUT2D eigenvalue weighted by atomic mass is 17.2. The second-order valence-corrected chi connectivity index (χ2v) is 3.10. The van der Waals surface area contributed by atoms with Crippen molar-refractivity contribution in [3.05, 3.63) is 0 Å². The zero-order chi connectivity index (χ0) is 13.9. The van der Waals surface area contributed by atoms with E-state index in [0.29, 0.717) is 11.8 Å². The molecule has 0 spiro atoms. The quantitative estimate of drug-likeness (QED) is 0.121. The first-order valence-corrected chi connectivity index (χ1v) is 4.93. The summed E-state index contributed by atoms with van der Waals surface area (Å²) in [4.78, 5) is 17.9. The van der Waals surface area contributed by atoms with Crippen molar-refractivity contribution in [1.29, 1.82) is 0 Å². The van der Waals surface area contributed by atoms with Crippen LogP contribution in [0, 0.1) is 0 Å². The van der Waals surface area contributed by atoms with Gasteiger partial charge in [0.1, 0.15) is 27.6 Å². The first-order valence-electron chi connectivity index (χ1n) is 4.93. The van der Waals surface area contributed by atoms with E-state index in [1.165, 1.54) is 19.7 Å². The van der Waals surface area contributed by atoms with Gasteiger partial charge in [0.15, 0.2) is 0 Å². The molecule has 0 aromatic heterocycles. The molecule has 0 bridgehead atoms. The minimum Gasteiger partial charge on any atom is -0.362 e. The van der Waals surface area contributed by atoms with Crippen molar-refractivity contribution in [2.24, 2.45) is 0 Å². The largest absolute Gasteiger partial charge is 0.362 e. The summed E-state index contributed by atoms with van der Waals surface area (Å²) in [6, 6.07) is 0. The maximum Gasteiger partial charge on any atom is 0.149 e. The molecule has 0 aliphatic rings. The average Bonchev–Trinajstić information content (AvgIpc) is 2.30. The van der Waals surface area contributed by atoms with E-state index in [1.54, 1.807) is 6.92 Å². The third kappa shape index (κ3) is 10.7. The van der Waals surface area contributed by atoms with Gasteiger partial charge >= 0.3 is 0 Å². The van der Waals surface area contributed by atoms with Gasteiger partial charge in [0.25, 0.3) is 0 Å². The van der Waals surface area contributed by atoms with E-state index >= 15 is 0 Å². The third-order valence-corrected chi connectivity index (χ3v) is 1.31. The fraction of sp³-hybridized carbons (Fsp3) is 1.00. The van der Waals surface area contributed by atoms with Crippen molar-refractivity contribution < 1.29 is 39.6 Å². The number of hydrogen-bond acceptors (Lipinski definition) is 11. The molecule has 110 valence electrons. The van der Waals surface area contributed by atoms with E-state index in [2.05, 4.69) is 20.2 Å². The van der Waals surface area contributed by atoms with Crippen molar-refractivity contribution in [3.63, 3.8) is 0 Å². The number of nitrogens with zero attached hydrogens (tertiary/aromatic N) is 2. The topological polar surface area (TPSA) is 126 Å². The van der Waals surface area contributed by atoms with Crippen molar-refractivity contribution in [3.8, 4) is 0 Å². The lowest BCUT2D eigenvalue weighted by molar-refractivity contribution is -1.24. The second kappa shape index (κ2) is 10.4. The molecule has 0 unspecified atom stereocenters. The van der Waals surface area contributed by atoms with Gasteiger partial charge in [0, 0.05) is 6.61 Å². The molecule has 5 N–H and O–H groups in total. The molecule has 0 aromatic carbocycles. The van der Waals surface area contributed by atoms with Crippen LogP contribution in [-0.4, -0.2) is 54.6 Å². The summed E-state index contributed by atoms with van der Waals surface area (Å²) in [6.07, 6.45) is 0. The first kappa shape index (κ1) is 17.5. The zero-order valence-electron chi connectivity index (χ0n) is 10.5. The Bertz CT molecular complexity index is 197. The molecule has 18 heavy (non-hydrogen) atoms. The van der Waals surface area contributed by atoms with E-state index in [4.69, 9.17) is 20.1 Å². The van der Waals surface area contributed by atoms with Crippen molar-refractivity contribution in [2.45, 2.75) is 6.92 Å². The molecule has 0 amide bonds. The van der Waals surface area contributed by atoms with Crippen LogP contribution in [0.1, 0.15) is 6.92 Å². The van der Waals surface area contributed by atoms with Crippen LogP contribution in [0.2, 0.25) is 0 Å². The van der Waals surface area contributed by atoms with Crippen LogP contribution in [0.4, 0.5) is 0 Å². The Kier molecular flexibility index (Phi) is 10.2. The van der Waals surface area contributed by atoms with Crippen LogP contribution in [0.25, 0.3) is 0 Å². The molecule has 0 atom stereocenters. The Morgan fingerprint density at radius 1 is 1.28 bits per heavy atom. The lowest BCUT2D eigenvalue weighted by Crippen LogP contribution is -2.48. The molecule has 0 aliphatic carbocycles. The Balaban J connectivity index is 3.35. The molecule has 0 aromatic rings. The van der Waals surface area contributed by atoms with E-state index < -0.39 is 4.81 Å². The zero-order valence-corrected chi connectivity index (χ0v) is 10.5. The van der Waals surface area contributed by atoms with Crippen molar-refractivity contribution in [2.75, 3.05) is 34.2 Å². The van der Waals surface area contributed by atoms with E-state index in [9.17, 15) is 0 Å². The van der Waals surface area contributed by atoms with Gasteiger partial charge in [-0.3, -0.25) is 15.3 Å². The highest BCUT2D eigenvalue weighted by molar-refractivity contribution is 4.11. The van der Waals surface area contributed by atoms with Crippen LogP contribution in [0.3, 0.4) is 0 Å². The van der Waals surface area contributed by atoms with E-state index in [0.717, 1.165) is 0 Å².